The Morgan fingerprint density at radius 2 is 2.28 bits per heavy atom. The highest BCUT2D eigenvalue weighted by Gasteiger charge is 2.20. The van der Waals surface area contributed by atoms with E-state index in [-0.39, 0.29) is 5.69 Å². The molecular formula is C12H13N3O3. The number of nitrogens with one attached hydrogen (secondary N) is 1. The SMILES string of the molecule is CNCc1ncc(-c2cccc(C)c2[N+](=O)[O-])o1. The van der Waals surface area contributed by atoms with E-state index in [9.17, 15) is 10.1 Å². The molecule has 1 aromatic carbocycles. The van der Waals surface area contributed by atoms with Gasteiger partial charge in [-0.15, -0.1) is 0 Å². The maximum Gasteiger partial charge on any atom is 0.283 e. The Balaban J connectivity index is 2.49. The second-order valence-electron chi connectivity index (χ2n) is 3.88. The molecule has 0 radical (unpaired) electrons. The number of nitro groups is 1. The molecule has 18 heavy (non-hydrogen) atoms. The van der Waals surface area contributed by atoms with Gasteiger partial charge < -0.3 is 9.73 Å². The first-order valence-corrected chi connectivity index (χ1v) is 5.47. The Kier molecular flexibility index (Phi) is 3.38. The van der Waals surface area contributed by atoms with Gasteiger partial charge in [0.2, 0.25) is 5.89 Å². The van der Waals surface area contributed by atoms with Crippen LogP contribution in [0.2, 0.25) is 0 Å². The van der Waals surface area contributed by atoms with Crippen LogP contribution in [0.25, 0.3) is 11.3 Å². The monoisotopic (exact) mass is 247 g/mol. The summed E-state index contributed by atoms with van der Waals surface area (Å²) in [7, 11) is 1.78. The molecule has 2 aromatic rings. The Morgan fingerprint density at radius 3 is 2.94 bits per heavy atom. The van der Waals surface area contributed by atoms with E-state index in [2.05, 4.69) is 10.3 Å². The van der Waals surface area contributed by atoms with Crippen molar-refractivity contribution in [1.29, 1.82) is 0 Å². The minimum atomic E-state index is -0.398. The van der Waals surface area contributed by atoms with E-state index in [0.717, 1.165) is 0 Å². The van der Waals surface area contributed by atoms with Gasteiger partial charge in [-0.1, -0.05) is 12.1 Å². The highest BCUT2D eigenvalue weighted by molar-refractivity contribution is 5.71. The average Bonchev–Trinajstić information content (AvgIpc) is 2.77. The number of rotatable bonds is 4. The fourth-order valence-corrected chi connectivity index (χ4v) is 1.77. The number of aromatic nitrogens is 1. The Labute approximate surface area is 104 Å². The van der Waals surface area contributed by atoms with Gasteiger partial charge in [-0.2, -0.15) is 0 Å². The average molecular weight is 247 g/mol. The van der Waals surface area contributed by atoms with Gasteiger partial charge in [0.05, 0.1) is 23.2 Å². The van der Waals surface area contributed by atoms with Crippen LogP contribution in [0, 0.1) is 17.0 Å². The second-order valence-corrected chi connectivity index (χ2v) is 3.88. The number of nitro benzene ring substituents is 1. The van der Waals surface area contributed by atoms with Crippen molar-refractivity contribution in [2.24, 2.45) is 0 Å². The number of para-hydroxylation sites is 1. The lowest BCUT2D eigenvalue weighted by molar-refractivity contribution is -0.384. The van der Waals surface area contributed by atoms with Gasteiger partial charge in [0.25, 0.3) is 5.69 Å². The summed E-state index contributed by atoms with van der Waals surface area (Å²) >= 11 is 0. The topological polar surface area (TPSA) is 81.2 Å². The summed E-state index contributed by atoms with van der Waals surface area (Å²) in [6.07, 6.45) is 1.51. The highest BCUT2D eigenvalue weighted by atomic mass is 16.6. The van der Waals surface area contributed by atoms with Crippen molar-refractivity contribution in [3.8, 4) is 11.3 Å². The van der Waals surface area contributed by atoms with Crippen LogP contribution < -0.4 is 5.32 Å². The van der Waals surface area contributed by atoms with Gasteiger partial charge in [0.1, 0.15) is 0 Å². The lowest BCUT2D eigenvalue weighted by Crippen LogP contribution is -2.04. The maximum absolute atomic E-state index is 11.1. The Bertz CT molecular complexity index is 578. The third-order valence-corrected chi connectivity index (χ3v) is 2.57. The third kappa shape index (κ3) is 2.23. The largest absolute Gasteiger partial charge is 0.439 e. The van der Waals surface area contributed by atoms with E-state index < -0.39 is 4.92 Å². The molecule has 1 N–H and O–H groups in total. The van der Waals surface area contributed by atoms with Crippen molar-refractivity contribution in [1.82, 2.24) is 10.3 Å². The molecule has 0 saturated carbocycles. The fourth-order valence-electron chi connectivity index (χ4n) is 1.77. The van der Waals surface area contributed by atoms with Crippen LogP contribution in [0.3, 0.4) is 0 Å². The summed E-state index contributed by atoms with van der Waals surface area (Å²) in [4.78, 5) is 14.7. The molecule has 6 heteroatoms. The van der Waals surface area contributed by atoms with Gasteiger partial charge in [0.15, 0.2) is 5.76 Å². The molecule has 94 valence electrons. The second kappa shape index (κ2) is 4.97. The number of aryl methyl sites for hydroxylation is 1. The van der Waals surface area contributed by atoms with Crippen molar-refractivity contribution in [3.63, 3.8) is 0 Å². The minimum absolute atomic E-state index is 0.0599. The molecule has 0 spiro atoms. The lowest BCUT2D eigenvalue weighted by Gasteiger charge is -2.01. The van der Waals surface area contributed by atoms with Crippen molar-refractivity contribution in [2.45, 2.75) is 13.5 Å². The zero-order valence-corrected chi connectivity index (χ0v) is 10.1. The van der Waals surface area contributed by atoms with Crippen molar-refractivity contribution in [3.05, 3.63) is 46.0 Å². The lowest BCUT2D eigenvalue weighted by atomic mass is 10.1. The molecule has 0 aliphatic rings. The summed E-state index contributed by atoms with van der Waals surface area (Å²) in [5.74, 6) is 0.916. The van der Waals surface area contributed by atoms with Crippen molar-refractivity contribution < 1.29 is 9.34 Å². The predicted octanol–water partition coefficient (Wildman–Crippen LogP) is 2.28. The van der Waals surface area contributed by atoms with Gasteiger partial charge >= 0.3 is 0 Å². The zero-order valence-electron chi connectivity index (χ0n) is 10.1. The summed E-state index contributed by atoms with van der Waals surface area (Å²) in [6, 6.07) is 5.12. The van der Waals surface area contributed by atoms with Crippen LogP contribution in [0.4, 0.5) is 5.69 Å². The predicted molar refractivity (Wildman–Crippen MR) is 66.1 cm³/mol. The molecule has 1 heterocycles. The quantitative estimate of drug-likeness (QED) is 0.662. The van der Waals surface area contributed by atoms with Crippen LogP contribution in [-0.4, -0.2) is 17.0 Å². The highest BCUT2D eigenvalue weighted by Crippen LogP contribution is 2.32. The van der Waals surface area contributed by atoms with Crippen molar-refractivity contribution in [2.75, 3.05) is 7.05 Å². The van der Waals surface area contributed by atoms with Gasteiger partial charge in [-0.25, -0.2) is 4.98 Å². The Hall–Kier alpha value is -2.21. The van der Waals surface area contributed by atoms with E-state index in [1.54, 1.807) is 32.2 Å². The molecule has 1 aromatic heterocycles. The van der Waals surface area contributed by atoms with E-state index in [1.165, 1.54) is 6.20 Å². The molecule has 0 fully saturated rings. The van der Waals surface area contributed by atoms with Gasteiger partial charge in [-0.05, 0) is 20.0 Å². The summed E-state index contributed by atoms with van der Waals surface area (Å²) < 4.78 is 5.48. The molecular weight excluding hydrogens is 234 g/mol. The van der Waals surface area contributed by atoms with Crippen LogP contribution in [0.15, 0.2) is 28.8 Å². The third-order valence-electron chi connectivity index (χ3n) is 2.57. The van der Waals surface area contributed by atoms with Crippen LogP contribution in [-0.2, 0) is 6.54 Å². The van der Waals surface area contributed by atoms with E-state index in [4.69, 9.17) is 4.42 Å². The molecule has 0 amide bonds. The van der Waals surface area contributed by atoms with E-state index in [1.807, 2.05) is 0 Å². The molecule has 6 nitrogen and oxygen atoms in total. The standard InChI is InChI=1S/C12H13N3O3/c1-8-4-3-5-9(12(8)15(16)17)10-6-14-11(18-10)7-13-2/h3-6,13H,7H2,1-2H3. The number of benzene rings is 1. The van der Waals surface area contributed by atoms with E-state index >= 15 is 0 Å². The van der Waals surface area contributed by atoms with E-state index in [0.29, 0.717) is 29.3 Å². The number of oxazole rings is 1. The molecule has 0 aliphatic carbocycles. The van der Waals surface area contributed by atoms with Gasteiger partial charge in [0, 0.05) is 5.56 Å². The van der Waals surface area contributed by atoms with Crippen LogP contribution in [0.5, 0.6) is 0 Å². The first-order chi connectivity index (χ1) is 8.63. The van der Waals surface area contributed by atoms with Crippen LogP contribution >= 0.6 is 0 Å². The molecule has 0 atom stereocenters. The fraction of sp³-hybridized carbons (Fsp3) is 0.250. The number of nitrogens with zero attached hydrogens (tertiary/aromatic N) is 2. The summed E-state index contributed by atoms with van der Waals surface area (Å²) in [5.41, 5.74) is 1.11. The number of hydrogen-bond donors (Lipinski definition) is 1. The molecule has 0 bridgehead atoms. The van der Waals surface area contributed by atoms with Crippen molar-refractivity contribution >= 4 is 5.69 Å². The normalized spacial score (nSPS) is 10.6. The smallest absolute Gasteiger partial charge is 0.283 e. The summed E-state index contributed by atoms with van der Waals surface area (Å²) in [6.45, 7) is 2.19. The Morgan fingerprint density at radius 1 is 1.50 bits per heavy atom. The maximum atomic E-state index is 11.1. The molecule has 0 unspecified atom stereocenters. The van der Waals surface area contributed by atoms with Gasteiger partial charge in [-0.3, -0.25) is 10.1 Å². The molecule has 2 rings (SSSR count). The first kappa shape index (κ1) is 12.3. The first-order valence-electron chi connectivity index (χ1n) is 5.47. The molecule has 0 saturated heterocycles. The number of hydrogen-bond acceptors (Lipinski definition) is 5. The minimum Gasteiger partial charge on any atom is -0.439 e. The molecule has 0 aliphatic heterocycles. The zero-order chi connectivity index (χ0) is 13.1. The summed E-state index contributed by atoms with van der Waals surface area (Å²) in [5, 5.41) is 14.0. The van der Waals surface area contributed by atoms with Crippen LogP contribution in [0.1, 0.15) is 11.5 Å².